The topological polar surface area (TPSA) is 80.1 Å². The third-order valence-electron chi connectivity index (χ3n) is 6.74. The van der Waals surface area contributed by atoms with Gasteiger partial charge in [-0.25, -0.2) is 0 Å². The number of hydrogen-bond acceptors (Lipinski definition) is 6. The first-order valence-corrected chi connectivity index (χ1v) is 13.5. The van der Waals surface area contributed by atoms with Crippen LogP contribution in [0.4, 0.5) is 13.2 Å². The summed E-state index contributed by atoms with van der Waals surface area (Å²) in [6.45, 7) is 9.13. The highest BCUT2D eigenvalue weighted by atomic mass is 19.4. The van der Waals surface area contributed by atoms with Crippen LogP contribution in [0.2, 0.25) is 0 Å². The Hall–Kier alpha value is -3.66. The van der Waals surface area contributed by atoms with E-state index in [-0.39, 0.29) is 18.1 Å². The Morgan fingerprint density at radius 2 is 1.80 bits per heavy atom. The molecule has 1 aliphatic rings. The van der Waals surface area contributed by atoms with E-state index in [2.05, 4.69) is 10.2 Å². The molecule has 1 heterocycles. The van der Waals surface area contributed by atoms with Crippen molar-refractivity contribution >= 4 is 5.91 Å². The predicted octanol–water partition coefficient (Wildman–Crippen LogP) is 4.94. The van der Waals surface area contributed by atoms with Crippen LogP contribution in [-0.2, 0) is 17.4 Å². The van der Waals surface area contributed by atoms with E-state index >= 15 is 0 Å². The number of allylic oxidation sites excluding steroid dienone is 3. The number of nitrogens with two attached hydrogens (primary N) is 1. The Morgan fingerprint density at radius 1 is 1.12 bits per heavy atom. The molecule has 3 N–H and O–H groups in total. The van der Waals surface area contributed by atoms with Crippen molar-refractivity contribution in [2.75, 3.05) is 39.3 Å². The average molecular weight is 561 g/mol. The van der Waals surface area contributed by atoms with Gasteiger partial charge in [-0.05, 0) is 68.4 Å². The summed E-state index contributed by atoms with van der Waals surface area (Å²) in [7, 11) is 0. The molecule has 2 aromatic carbocycles. The zero-order valence-corrected chi connectivity index (χ0v) is 23.3. The molecule has 0 bridgehead atoms. The van der Waals surface area contributed by atoms with Gasteiger partial charge in [0.1, 0.15) is 11.5 Å². The lowest BCUT2D eigenvalue weighted by atomic mass is 9.94. The summed E-state index contributed by atoms with van der Waals surface area (Å²) in [5.74, 6) is 1.44. The third-order valence-corrected chi connectivity index (χ3v) is 6.74. The minimum absolute atomic E-state index is 0.116. The Labute approximate surface area is 234 Å². The van der Waals surface area contributed by atoms with Crippen molar-refractivity contribution in [2.24, 2.45) is 5.73 Å². The van der Waals surface area contributed by atoms with E-state index in [0.717, 1.165) is 23.4 Å². The van der Waals surface area contributed by atoms with Crippen LogP contribution in [0.15, 0.2) is 72.6 Å². The number of likely N-dealkylation sites (N-methyl/N-ethyl adjacent to an activating group) is 1. The van der Waals surface area contributed by atoms with Crippen molar-refractivity contribution in [1.29, 1.82) is 0 Å². The zero-order valence-electron chi connectivity index (χ0n) is 23.3. The molecule has 10 heteroatoms. The van der Waals surface area contributed by atoms with Crippen LogP contribution in [0, 0.1) is 0 Å². The second kappa shape index (κ2) is 14.1. The van der Waals surface area contributed by atoms with Crippen molar-refractivity contribution < 1.29 is 27.4 Å². The molecule has 7 nitrogen and oxygen atoms in total. The molecule has 1 amide bonds. The van der Waals surface area contributed by atoms with Crippen molar-refractivity contribution in [3.8, 4) is 11.5 Å². The Kier molecular flexibility index (Phi) is 10.9. The molecular weight excluding hydrogens is 521 g/mol. The number of carbonyl (C=O) groups excluding carboxylic acids is 1. The van der Waals surface area contributed by atoms with Crippen molar-refractivity contribution in [1.82, 2.24) is 15.1 Å². The number of amides is 1. The minimum atomic E-state index is -4.44. The van der Waals surface area contributed by atoms with Gasteiger partial charge < -0.3 is 25.4 Å². The largest absolute Gasteiger partial charge is 0.494 e. The van der Waals surface area contributed by atoms with E-state index in [1.807, 2.05) is 57.2 Å². The minimum Gasteiger partial charge on any atom is -0.494 e. The Balaban J connectivity index is 1.77. The molecule has 2 aromatic rings. The summed E-state index contributed by atoms with van der Waals surface area (Å²) in [4.78, 5) is 17.3. The second-order valence-corrected chi connectivity index (χ2v) is 9.56. The summed E-state index contributed by atoms with van der Waals surface area (Å²) >= 11 is 0. The normalized spacial score (nSPS) is 17.7. The second-order valence-electron chi connectivity index (χ2n) is 9.56. The smallest absolute Gasteiger partial charge is 0.416 e. The number of hydrogen-bond donors (Lipinski definition) is 2. The molecule has 0 aliphatic carbocycles. The first-order chi connectivity index (χ1) is 19.1. The first-order valence-electron chi connectivity index (χ1n) is 13.5. The van der Waals surface area contributed by atoms with Crippen molar-refractivity contribution in [3.05, 3.63) is 83.7 Å². The lowest BCUT2D eigenvalue weighted by Crippen LogP contribution is -2.70. The van der Waals surface area contributed by atoms with E-state index < -0.39 is 17.5 Å². The van der Waals surface area contributed by atoms with Crippen LogP contribution in [0.25, 0.3) is 0 Å². The van der Waals surface area contributed by atoms with Gasteiger partial charge in [0.25, 0.3) is 0 Å². The molecule has 0 aromatic heterocycles. The summed E-state index contributed by atoms with van der Waals surface area (Å²) in [6, 6.07) is 12.0. The Bertz CT molecular complexity index is 1150. The lowest BCUT2D eigenvalue weighted by Gasteiger charge is -2.53. The first kappa shape index (κ1) is 30.9. The number of likely N-dealkylation sites (tertiary alicyclic amines) is 1. The molecule has 0 saturated carbocycles. The average Bonchev–Trinajstić information content (AvgIpc) is 2.91. The maximum absolute atomic E-state index is 13.5. The standard InChI is InChI=1S/C30H39F3N4O3/c1-4-7-8-27(34)35-18-20-36(5-2)22-29(40-26-15-11-24(12-16-26)30(31,32)33)17-19-37(29)28(38)21-23-9-13-25(14-10-23)39-6-3/h4,7-16,35H,5-6,17-22,34H2,1-3H3/b7-4-,27-8+. The van der Waals surface area contributed by atoms with Crippen LogP contribution in [0.5, 0.6) is 11.5 Å². The fraction of sp³-hybridized carbons (Fsp3) is 0.433. The number of rotatable bonds is 14. The molecule has 3 rings (SSSR count). The van der Waals surface area contributed by atoms with Gasteiger partial charge in [-0.15, -0.1) is 0 Å². The molecular formula is C30H39F3N4O3. The fourth-order valence-corrected chi connectivity index (χ4v) is 4.51. The van der Waals surface area contributed by atoms with Gasteiger partial charge in [-0.3, -0.25) is 9.69 Å². The van der Waals surface area contributed by atoms with Crippen LogP contribution >= 0.6 is 0 Å². The highest BCUT2D eigenvalue weighted by Crippen LogP contribution is 2.37. The van der Waals surface area contributed by atoms with Gasteiger partial charge in [-0.2, -0.15) is 13.2 Å². The maximum atomic E-state index is 13.5. The van der Waals surface area contributed by atoms with Crippen LogP contribution in [0.3, 0.4) is 0 Å². The van der Waals surface area contributed by atoms with Crippen LogP contribution < -0.4 is 20.5 Å². The van der Waals surface area contributed by atoms with Gasteiger partial charge in [0.2, 0.25) is 5.91 Å². The van der Waals surface area contributed by atoms with Crippen LogP contribution in [-0.4, -0.2) is 60.8 Å². The summed E-state index contributed by atoms with van der Waals surface area (Å²) < 4.78 is 51.2. The van der Waals surface area contributed by atoms with Crippen molar-refractivity contribution in [3.63, 3.8) is 0 Å². The van der Waals surface area contributed by atoms with Crippen molar-refractivity contribution in [2.45, 2.75) is 45.5 Å². The molecule has 40 heavy (non-hydrogen) atoms. The van der Waals surface area contributed by atoms with E-state index in [1.54, 1.807) is 11.0 Å². The molecule has 1 fully saturated rings. The van der Waals surface area contributed by atoms with Gasteiger partial charge in [-0.1, -0.05) is 31.2 Å². The highest BCUT2D eigenvalue weighted by molar-refractivity contribution is 5.80. The lowest BCUT2D eigenvalue weighted by molar-refractivity contribution is -0.188. The number of carbonyl (C=O) groups is 1. The van der Waals surface area contributed by atoms with E-state index in [1.165, 1.54) is 12.1 Å². The SMILES string of the molecule is C/C=C\C=C(/N)NCCN(CC)CC1(Oc2ccc(C(F)(F)F)cc2)CCN1C(=O)Cc1ccc(OCC)cc1. The highest BCUT2D eigenvalue weighted by Gasteiger charge is 2.50. The summed E-state index contributed by atoms with van der Waals surface area (Å²) in [6.07, 6.45) is 1.78. The maximum Gasteiger partial charge on any atom is 0.416 e. The number of nitrogens with zero attached hydrogens (tertiary/aromatic N) is 2. The molecule has 0 radical (unpaired) electrons. The third kappa shape index (κ3) is 8.42. The molecule has 1 saturated heterocycles. The van der Waals surface area contributed by atoms with Gasteiger partial charge >= 0.3 is 6.18 Å². The van der Waals surface area contributed by atoms with Crippen LogP contribution in [0.1, 0.15) is 38.3 Å². The number of nitrogens with one attached hydrogen (secondary N) is 1. The molecule has 1 unspecified atom stereocenters. The quantitative estimate of drug-likeness (QED) is 0.319. The summed E-state index contributed by atoms with van der Waals surface area (Å²) in [5.41, 5.74) is 5.05. The van der Waals surface area contributed by atoms with E-state index in [4.69, 9.17) is 15.2 Å². The molecule has 1 aliphatic heterocycles. The fourth-order valence-electron chi connectivity index (χ4n) is 4.51. The molecule has 1 atom stereocenters. The number of benzene rings is 2. The number of ether oxygens (including phenoxy) is 2. The van der Waals surface area contributed by atoms with Gasteiger partial charge in [0, 0.05) is 26.1 Å². The molecule has 218 valence electrons. The van der Waals surface area contributed by atoms with E-state index in [9.17, 15) is 18.0 Å². The number of alkyl halides is 3. The molecule has 0 spiro atoms. The number of halogens is 3. The summed E-state index contributed by atoms with van der Waals surface area (Å²) in [5, 5.41) is 3.16. The van der Waals surface area contributed by atoms with E-state index in [0.29, 0.717) is 51.6 Å². The zero-order chi connectivity index (χ0) is 29.2. The van der Waals surface area contributed by atoms with Gasteiger partial charge in [0.05, 0.1) is 31.0 Å². The predicted molar refractivity (Wildman–Crippen MR) is 150 cm³/mol. The monoisotopic (exact) mass is 560 g/mol. The van der Waals surface area contributed by atoms with Gasteiger partial charge in [0.15, 0.2) is 5.72 Å². The Morgan fingerprint density at radius 3 is 2.35 bits per heavy atom.